The van der Waals surface area contributed by atoms with Crippen LogP contribution in [0.25, 0.3) is 0 Å². The van der Waals surface area contributed by atoms with Gasteiger partial charge in [0.25, 0.3) is 0 Å². The Labute approximate surface area is 82.4 Å². The molecule has 0 nitrogen and oxygen atoms in total. The molecular weight excluding hydrogens is 254 g/mol. The van der Waals surface area contributed by atoms with Crippen LogP contribution in [0.15, 0.2) is 12.7 Å². The van der Waals surface area contributed by atoms with E-state index in [1.54, 1.807) is 0 Å². The van der Waals surface area contributed by atoms with Crippen molar-refractivity contribution >= 4 is 22.6 Å². The molecule has 0 N–H and O–H groups in total. The highest BCUT2D eigenvalue weighted by Gasteiger charge is 2.10. The molecule has 0 aliphatic carbocycles. The lowest BCUT2D eigenvalue weighted by atomic mass is 9.98. The van der Waals surface area contributed by atoms with Gasteiger partial charge in [0.1, 0.15) is 6.17 Å². The summed E-state index contributed by atoms with van der Waals surface area (Å²) in [6, 6.07) is 0. The molecule has 0 aromatic carbocycles. The Hall–Kier alpha value is 0.400. The summed E-state index contributed by atoms with van der Waals surface area (Å²) < 4.78 is 13.4. The van der Waals surface area contributed by atoms with E-state index in [1.165, 1.54) is 0 Å². The van der Waals surface area contributed by atoms with Crippen LogP contribution in [0.4, 0.5) is 4.39 Å². The third-order valence-corrected chi connectivity index (χ3v) is 2.67. The second kappa shape index (κ2) is 7.07. The zero-order chi connectivity index (χ0) is 8.69. The molecule has 0 saturated carbocycles. The molecule has 0 aromatic heterocycles. The Balaban J connectivity index is 3.58. The molecule has 0 bridgehead atoms. The third-order valence-electron chi connectivity index (χ3n) is 1.72. The smallest absolute Gasteiger partial charge is 0.110 e. The molecular formula is C9H16FI. The highest BCUT2D eigenvalue weighted by molar-refractivity contribution is 14.1. The van der Waals surface area contributed by atoms with Crippen LogP contribution in [-0.2, 0) is 0 Å². The summed E-state index contributed by atoms with van der Waals surface area (Å²) in [5, 5.41) is 0. The van der Waals surface area contributed by atoms with Gasteiger partial charge in [-0.15, -0.1) is 6.58 Å². The first-order chi connectivity index (χ1) is 5.24. The van der Waals surface area contributed by atoms with Crippen molar-refractivity contribution in [1.82, 2.24) is 0 Å². The average molecular weight is 270 g/mol. The summed E-state index contributed by atoms with van der Waals surface area (Å²) in [6.45, 7) is 5.82. The number of rotatable bonds is 6. The molecule has 0 aliphatic rings. The first kappa shape index (κ1) is 11.4. The molecule has 0 amide bonds. The van der Waals surface area contributed by atoms with Gasteiger partial charge in [-0.2, -0.15) is 0 Å². The Morgan fingerprint density at radius 1 is 1.64 bits per heavy atom. The number of hydrogen-bond donors (Lipinski definition) is 0. The van der Waals surface area contributed by atoms with Gasteiger partial charge in [0.05, 0.1) is 0 Å². The van der Waals surface area contributed by atoms with Crippen molar-refractivity contribution in [3.63, 3.8) is 0 Å². The van der Waals surface area contributed by atoms with E-state index in [-0.39, 0.29) is 0 Å². The van der Waals surface area contributed by atoms with Gasteiger partial charge in [0, 0.05) is 4.43 Å². The van der Waals surface area contributed by atoms with Crippen LogP contribution in [0, 0.1) is 5.92 Å². The van der Waals surface area contributed by atoms with E-state index in [2.05, 4.69) is 36.1 Å². The zero-order valence-electron chi connectivity index (χ0n) is 7.02. The largest absolute Gasteiger partial charge is 0.247 e. The van der Waals surface area contributed by atoms with Crippen molar-refractivity contribution in [2.45, 2.75) is 32.4 Å². The molecule has 2 heteroatoms. The Morgan fingerprint density at radius 3 is 2.64 bits per heavy atom. The molecule has 0 aromatic rings. The van der Waals surface area contributed by atoms with Crippen LogP contribution >= 0.6 is 22.6 Å². The molecule has 0 radical (unpaired) electrons. The van der Waals surface area contributed by atoms with Crippen LogP contribution in [0.3, 0.4) is 0 Å². The van der Waals surface area contributed by atoms with Crippen LogP contribution < -0.4 is 0 Å². The predicted octanol–water partition coefficient (Wildman–Crippen LogP) is 3.75. The summed E-state index contributed by atoms with van der Waals surface area (Å²) in [5.74, 6) is 0.379. The van der Waals surface area contributed by atoms with Crippen LogP contribution in [0.1, 0.15) is 26.2 Å². The summed E-state index contributed by atoms with van der Waals surface area (Å²) in [5.41, 5.74) is 0. The molecule has 2 atom stereocenters. The Kier molecular flexibility index (Phi) is 7.33. The number of alkyl halides is 2. The second-order valence-corrected chi connectivity index (χ2v) is 3.65. The Bertz CT molecular complexity index is 104. The summed E-state index contributed by atoms with van der Waals surface area (Å²) in [7, 11) is 0. The van der Waals surface area contributed by atoms with E-state index in [0.29, 0.717) is 16.8 Å². The number of halogens is 2. The third kappa shape index (κ3) is 5.65. The van der Waals surface area contributed by atoms with Gasteiger partial charge < -0.3 is 0 Å². The minimum absolute atomic E-state index is 0.379. The first-order valence-electron chi connectivity index (χ1n) is 4.07. The van der Waals surface area contributed by atoms with Gasteiger partial charge in [0.2, 0.25) is 0 Å². The van der Waals surface area contributed by atoms with Gasteiger partial charge >= 0.3 is 0 Å². The molecule has 0 heterocycles. The van der Waals surface area contributed by atoms with Crippen LogP contribution in [0.5, 0.6) is 0 Å². The maximum Gasteiger partial charge on any atom is 0.110 e. The average Bonchev–Trinajstić information content (AvgIpc) is 2.03. The van der Waals surface area contributed by atoms with Gasteiger partial charge in [-0.3, -0.25) is 0 Å². The number of allylic oxidation sites excluding steroid dienone is 1. The molecule has 11 heavy (non-hydrogen) atoms. The van der Waals surface area contributed by atoms with E-state index in [0.717, 1.165) is 12.8 Å². The van der Waals surface area contributed by atoms with Gasteiger partial charge in [-0.05, 0) is 18.8 Å². The van der Waals surface area contributed by atoms with Crippen LogP contribution in [-0.4, -0.2) is 10.6 Å². The van der Waals surface area contributed by atoms with Crippen molar-refractivity contribution in [1.29, 1.82) is 0 Å². The highest BCUT2D eigenvalue weighted by atomic mass is 127. The summed E-state index contributed by atoms with van der Waals surface area (Å²) in [6.07, 6.45) is 4.07. The normalized spacial score (nSPS) is 15.9. The van der Waals surface area contributed by atoms with E-state index >= 15 is 0 Å². The predicted molar refractivity (Wildman–Crippen MR) is 57.0 cm³/mol. The highest BCUT2D eigenvalue weighted by Crippen LogP contribution is 2.17. The fourth-order valence-corrected chi connectivity index (χ4v) is 1.45. The molecule has 66 valence electrons. The van der Waals surface area contributed by atoms with Gasteiger partial charge in [-0.25, -0.2) is 4.39 Å². The molecule has 0 saturated heterocycles. The standard InChI is InChI=1S/C9H16FI/c1-3-5-8(4-2)6-9(10)7-11/h4,8-9H,2-3,5-7H2,1H3. The quantitative estimate of drug-likeness (QED) is 0.391. The second-order valence-electron chi connectivity index (χ2n) is 2.77. The van der Waals surface area contributed by atoms with Crippen molar-refractivity contribution < 1.29 is 4.39 Å². The maximum atomic E-state index is 12.8. The minimum Gasteiger partial charge on any atom is -0.247 e. The van der Waals surface area contributed by atoms with Gasteiger partial charge in [-0.1, -0.05) is 42.0 Å². The fraction of sp³-hybridized carbons (Fsp3) is 0.778. The molecule has 0 spiro atoms. The SMILES string of the molecule is C=CC(CCC)CC(F)CI. The lowest BCUT2D eigenvalue weighted by Gasteiger charge is -2.12. The topological polar surface area (TPSA) is 0 Å². The monoisotopic (exact) mass is 270 g/mol. The molecule has 0 rings (SSSR count). The lowest BCUT2D eigenvalue weighted by Crippen LogP contribution is -2.08. The summed E-state index contributed by atoms with van der Waals surface area (Å²) >= 11 is 2.08. The minimum atomic E-state index is -0.648. The van der Waals surface area contributed by atoms with Crippen LogP contribution in [0.2, 0.25) is 0 Å². The number of hydrogen-bond acceptors (Lipinski definition) is 0. The maximum absolute atomic E-state index is 12.8. The molecule has 0 aliphatic heterocycles. The lowest BCUT2D eigenvalue weighted by molar-refractivity contribution is 0.311. The summed E-state index contributed by atoms with van der Waals surface area (Å²) in [4.78, 5) is 0. The molecule has 2 unspecified atom stereocenters. The van der Waals surface area contributed by atoms with E-state index < -0.39 is 6.17 Å². The van der Waals surface area contributed by atoms with Crippen molar-refractivity contribution in [2.75, 3.05) is 4.43 Å². The first-order valence-corrected chi connectivity index (χ1v) is 5.59. The zero-order valence-corrected chi connectivity index (χ0v) is 9.18. The van der Waals surface area contributed by atoms with Crippen molar-refractivity contribution in [3.8, 4) is 0 Å². The van der Waals surface area contributed by atoms with Gasteiger partial charge in [0.15, 0.2) is 0 Å². The van der Waals surface area contributed by atoms with Crippen molar-refractivity contribution in [3.05, 3.63) is 12.7 Å². The van der Waals surface area contributed by atoms with E-state index in [4.69, 9.17) is 0 Å². The van der Waals surface area contributed by atoms with E-state index in [1.807, 2.05) is 6.08 Å². The fourth-order valence-electron chi connectivity index (χ4n) is 1.09. The van der Waals surface area contributed by atoms with E-state index in [9.17, 15) is 4.39 Å². The molecule has 0 fully saturated rings. The van der Waals surface area contributed by atoms with Crippen molar-refractivity contribution in [2.24, 2.45) is 5.92 Å². The Morgan fingerprint density at radius 2 is 2.27 bits per heavy atom.